The first-order valence-electron chi connectivity index (χ1n) is 10.4. The van der Waals surface area contributed by atoms with E-state index in [-0.39, 0.29) is 29.7 Å². The molecule has 0 bridgehead atoms. The van der Waals surface area contributed by atoms with Crippen LogP contribution >= 0.6 is 11.6 Å². The number of hydrogen-bond donors (Lipinski definition) is 1. The Labute approximate surface area is 192 Å². The maximum absolute atomic E-state index is 12.9. The monoisotopic (exact) mass is 477 g/mol. The lowest BCUT2D eigenvalue weighted by Crippen LogP contribution is -2.41. The first-order valence-corrected chi connectivity index (χ1v) is 12.2. The second-order valence-corrected chi connectivity index (χ2v) is 10.1. The lowest BCUT2D eigenvalue weighted by atomic mass is 10.0. The molecule has 2 aliphatic heterocycles. The minimum Gasteiger partial charge on any atom is -0.495 e. The number of aryl methyl sites for hydroxylation is 1. The Morgan fingerprint density at radius 1 is 1.12 bits per heavy atom. The first kappa shape index (κ1) is 22.6. The zero-order chi connectivity index (χ0) is 22.9. The number of methoxy groups -OCH3 is 1. The molecule has 170 valence electrons. The number of halogens is 1. The van der Waals surface area contributed by atoms with E-state index >= 15 is 0 Å². The van der Waals surface area contributed by atoms with Crippen LogP contribution in [0.2, 0.25) is 5.02 Å². The van der Waals surface area contributed by atoms with E-state index in [1.54, 1.807) is 30.3 Å². The third-order valence-corrected chi connectivity index (χ3v) is 7.88. The summed E-state index contributed by atoms with van der Waals surface area (Å²) in [5.41, 5.74) is 1.78. The molecule has 10 heteroatoms. The van der Waals surface area contributed by atoms with Crippen molar-refractivity contribution in [2.45, 2.75) is 30.6 Å². The number of fused-ring (bicyclic) bond motifs is 1. The average Bonchev–Trinajstić information content (AvgIpc) is 3.31. The fourth-order valence-electron chi connectivity index (χ4n) is 4.04. The van der Waals surface area contributed by atoms with Gasteiger partial charge in [0.2, 0.25) is 21.8 Å². The van der Waals surface area contributed by atoms with Crippen molar-refractivity contribution in [3.8, 4) is 5.75 Å². The Balaban J connectivity index is 1.52. The first-order chi connectivity index (χ1) is 15.3. The molecule has 2 amide bonds. The molecule has 1 fully saturated rings. The number of rotatable bonds is 6. The molecule has 0 spiro atoms. The zero-order valence-electron chi connectivity index (χ0n) is 17.6. The van der Waals surface area contributed by atoms with Crippen LogP contribution in [-0.2, 0) is 26.0 Å². The van der Waals surface area contributed by atoms with Crippen molar-refractivity contribution < 1.29 is 22.7 Å². The van der Waals surface area contributed by atoms with E-state index in [1.165, 1.54) is 22.4 Å². The van der Waals surface area contributed by atoms with Crippen molar-refractivity contribution >= 4 is 44.8 Å². The van der Waals surface area contributed by atoms with Gasteiger partial charge in [-0.1, -0.05) is 11.6 Å². The van der Waals surface area contributed by atoms with Crippen LogP contribution in [-0.4, -0.2) is 51.3 Å². The molecule has 2 heterocycles. The number of sulfonamides is 1. The van der Waals surface area contributed by atoms with E-state index in [0.717, 1.165) is 18.4 Å². The van der Waals surface area contributed by atoms with E-state index in [4.69, 9.17) is 16.3 Å². The van der Waals surface area contributed by atoms with Crippen molar-refractivity contribution in [2.75, 3.05) is 37.0 Å². The molecular weight excluding hydrogens is 454 g/mol. The van der Waals surface area contributed by atoms with E-state index in [0.29, 0.717) is 41.7 Å². The highest BCUT2D eigenvalue weighted by molar-refractivity contribution is 7.89. The summed E-state index contributed by atoms with van der Waals surface area (Å²) in [4.78, 5) is 26.8. The molecule has 2 aliphatic rings. The van der Waals surface area contributed by atoms with Gasteiger partial charge in [-0.3, -0.25) is 9.59 Å². The molecule has 2 aromatic rings. The number of nitrogens with zero attached hydrogens (tertiary/aromatic N) is 2. The molecule has 4 rings (SSSR count). The number of amides is 2. The Kier molecular flexibility index (Phi) is 6.41. The maximum atomic E-state index is 12.9. The molecule has 0 aliphatic carbocycles. The van der Waals surface area contributed by atoms with Gasteiger partial charge >= 0.3 is 0 Å². The average molecular weight is 478 g/mol. The second kappa shape index (κ2) is 9.09. The van der Waals surface area contributed by atoms with Gasteiger partial charge in [0, 0.05) is 30.9 Å². The highest BCUT2D eigenvalue weighted by Crippen LogP contribution is 2.32. The predicted molar refractivity (Wildman–Crippen MR) is 122 cm³/mol. The lowest BCUT2D eigenvalue weighted by molar-refractivity contribution is -0.121. The third kappa shape index (κ3) is 4.46. The summed E-state index contributed by atoms with van der Waals surface area (Å²) in [6, 6.07) is 9.63. The van der Waals surface area contributed by atoms with Crippen LogP contribution in [0.1, 0.15) is 24.8 Å². The Morgan fingerprint density at radius 2 is 1.88 bits per heavy atom. The third-order valence-electron chi connectivity index (χ3n) is 5.69. The van der Waals surface area contributed by atoms with Crippen molar-refractivity contribution in [2.24, 2.45) is 0 Å². The van der Waals surface area contributed by atoms with Gasteiger partial charge in [-0.15, -0.1) is 0 Å². The minimum absolute atomic E-state index is 0.185. The Bertz CT molecular complexity index is 1160. The quantitative estimate of drug-likeness (QED) is 0.689. The highest BCUT2D eigenvalue weighted by atomic mass is 35.5. The summed E-state index contributed by atoms with van der Waals surface area (Å²) in [5.74, 6) is -0.0822. The molecule has 0 unspecified atom stereocenters. The van der Waals surface area contributed by atoms with E-state index in [2.05, 4.69) is 5.32 Å². The maximum Gasteiger partial charge on any atom is 0.244 e. The normalized spacial score (nSPS) is 16.7. The van der Waals surface area contributed by atoms with Crippen molar-refractivity contribution in [1.29, 1.82) is 0 Å². The molecule has 0 atom stereocenters. The number of ether oxygens (including phenoxy) is 1. The second-order valence-electron chi connectivity index (χ2n) is 7.78. The van der Waals surface area contributed by atoms with Crippen LogP contribution in [0.25, 0.3) is 0 Å². The number of hydrogen-bond acceptors (Lipinski definition) is 5. The van der Waals surface area contributed by atoms with Gasteiger partial charge in [-0.2, -0.15) is 4.31 Å². The van der Waals surface area contributed by atoms with Crippen LogP contribution in [0.15, 0.2) is 41.3 Å². The molecule has 0 aromatic heterocycles. The summed E-state index contributed by atoms with van der Waals surface area (Å²) in [5, 5.41) is 3.09. The van der Waals surface area contributed by atoms with Crippen LogP contribution < -0.4 is 15.0 Å². The van der Waals surface area contributed by atoms with Crippen molar-refractivity contribution in [3.05, 3.63) is 47.0 Å². The van der Waals surface area contributed by atoms with Gasteiger partial charge < -0.3 is 15.0 Å². The smallest absolute Gasteiger partial charge is 0.244 e. The van der Waals surface area contributed by atoms with Crippen molar-refractivity contribution in [3.63, 3.8) is 0 Å². The Morgan fingerprint density at radius 3 is 2.56 bits per heavy atom. The van der Waals surface area contributed by atoms with Gasteiger partial charge in [0.15, 0.2) is 0 Å². The van der Waals surface area contributed by atoms with Gasteiger partial charge in [-0.05, 0) is 61.2 Å². The molecular formula is C22H24ClN3O5S. The number of carbonyl (C=O) groups is 2. The zero-order valence-corrected chi connectivity index (χ0v) is 19.2. The van der Waals surface area contributed by atoms with Gasteiger partial charge in [0.25, 0.3) is 0 Å². The summed E-state index contributed by atoms with van der Waals surface area (Å²) in [6.45, 7) is 0.868. The number of carbonyl (C=O) groups excluding carboxylic acids is 2. The van der Waals surface area contributed by atoms with Crippen molar-refractivity contribution in [1.82, 2.24) is 4.31 Å². The molecule has 2 aromatic carbocycles. The number of benzene rings is 2. The SMILES string of the molecule is COc1ccc(NC(=O)CN2C(=O)CCc3cc(S(=O)(=O)N4CCCC4)ccc32)cc1Cl. The fraction of sp³-hybridized carbons (Fsp3) is 0.364. The highest BCUT2D eigenvalue weighted by Gasteiger charge is 2.31. The summed E-state index contributed by atoms with van der Waals surface area (Å²) in [6.07, 6.45) is 2.37. The minimum atomic E-state index is -3.55. The standard InChI is InChI=1S/C22H24ClN3O5S/c1-31-20-8-5-16(13-18(20)23)24-21(27)14-26-19-7-6-17(12-15(19)4-9-22(26)28)32(29,30)25-10-2-3-11-25/h5-8,12-13H,2-4,9-11,14H2,1H3,(H,24,27). The summed E-state index contributed by atoms with van der Waals surface area (Å²) in [7, 11) is -2.05. The molecule has 1 saturated heterocycles. The largest absolute Gasteiger partial charge is 0.495 e. The molecule has 32 heavy (non-hydrogen) atoms. The molecule has 8 nitrogen and oxygen atoms in total. The van der Waals surface area contributed by atoms with Crippen LogP contribution in [0, 0.1) is 0 Å². The summed E-state index contributed by atoms with van der Waals surface area (Å²) >= 11 is 6.10. The molecule has 1 N–H and O–H groups in total. The van der Waals surface area contributed by atoms with Crippen LogP contribution in [0.5, 0.6) is 5.75 Å². The lowest BCUT2D eigenvalue weighted by Gasteiger charge is -2.29. The van der Waals surface area contributed by atoms with Gasteiger partial charge in [0.1, 0.15) is 12.3 Å². The number of nitrogens with one attached hydrogen (secondary N) is 1. The van der Waals surface area contributed by atoms with E-state index < -0.39 is 10.0 Å². The topological polar surface area (TPSA) is 96.0 Å². The molecule has 0 saturated carbocycles. The van der Waals surface area contributed by atoms with Gasteiger partial charge in [0.05, 0.1) is 17.0 Å². The number of anilines is 2. The van der Waals surface area contributed by atoms with E-state index in [9.17, 15) is 18.0 Å². The van der Waals surface area contributed by atoms with E-state index in [1.807, 2.05) is 0 Å². The predicted octanol–water partition coefficient (Wildman–Crippen LogP) is 3.05. The Hall–Kier alpha value is -2.62. The fourth-order valence-corrected chi connectivity index (χ4v) is 5.86. The molecule has 0 radical (unpaired) electrons. The summed E-state index contributed by atoms with van der Waals surface area (Å²) < 4.78 is 32.4. The van der Waals surface area contributed by atoms with Gasteiger partial charge in [-0.25, -0.2) is 8.42 Å². The van der Waals surface area contributed by atoms with Crippen LogP contribution in [0.3, 0.4) is 0 Å². The van der Waals surface area contributed by atoms with Crippen LogP contribution in [0.4, 0.5) is 11.4 Å².